The van der Waals surface area contributed by atoms with E-state index in [4.69, 9.17) is 14.2 Å². The number of hydrogen-bond donors (Lipinski definition) is 0. The standard InChI is InChI=1S/C11H22O5/c1-3-4-5-10(11(12)13)16-9-8-15-7-6-14-2/h10H,3-9H2,1-2H3,(H,12,13)/p-1. The maximum atomic E-state index is 10.7. The largest absolute Gasteiger partial charge is 0.547 e. The normalized spacial score (nSPS) is 12.6. The molecule has 1 unspecified atom stereocenters. The number of rotatable bonds is 11. The second-order valence-corrected chi connectivity index (χ2v) is 3.43. The van der Waals surface area contributed by atoms with E-state index in [0.717, 1.165) is 12.8 Å². The van der Waals surface area contributed by atoms with Crippen LogP contribution in [0.2, 0.25) is 0 Å². The summed E-state index contributed by atoms with van der Waals surface area (Å²) in [4.78, 5) is 10.7. The Hall–Kier alpha value is -0.650. The van der Waals surface area contributed by atoms with Crippen molar-refractivity contribution in [1.82, 2.24) is 0 Å². The minimum atomic E-state index is -1.15. The van der Waals surface area contributed by atoms with E-state index in [2.05, 4.69) is 0 Å². The molecule has 0 fully saturated rings. The van der Waals surface area contributed by atoms with Gasteiger partial charge in [-0.25, -0.2) is 0 Å². The van der Waals surface area contributed by atoms with Crippen LogP contribution in [0.3, 0.4) is 0 Å². The molecule has 0 N–H and O–H groups in total. The topological polar surface area (TPSA) is 67.8 Å². The van der Waals surface area contributed by atoms with E-state index in [1.807, 2.05) is 6.92 Å². The number of aliphatic carboxylic acids is 1. The van der Waals surface area contributed by atoms with Crippen LogP contribution in [-0.2, 0) is 19.0 Å². The van der Waals surface area contributed by atoms with Crippen molar-refractivity contribution >= 4 is 5.97 Å². The second kappa shape index (κ2) is 10.9. The zero-order valence-electron chi connectivity index (χ0n) is 10.1. The number of carbonyl (C=O) groups is 1. The number of unbranched alkanes of at least 4 members (excludes halogenated alkanes) is 1. The summed E-state index contributed by atoms with van der Waals surface area (Å²) in [7, 11) is 1.59. The number of carboxylic acids is 1. The monoisotopic (exact) mass is 233 g/mol. The number of hydrogen-bond acceptors (Lipinski definition) is 5. The zero-order valence-corrected chi connectivity index (χ0v) is 10.1. The first-order valence-electron chi connectivity index (χ1n) is 5.61. The Morgan fingerprint density at radius 1 is 1.25 bits per heavy atom. The average molecular weight is 233 g/mol. The highest BCUT2D eigenvalue weighted by atomic mass is 16.6. The molecule has 0 bridgehead atoms. The lowest BCUT2D eigenvalue weighted by Crippen LogP contribution is -2.38. The van der Waals surface area contributed by atoms with Crippen molar-refractivity contribution in [3.63, 3.8) is 0 Å². The van der Waals surface area contributed by atoms with E-state index in [0.29, 0.717) is 26.2 Å². The average Bonchev–Trinajstić information content (AvgIpc) is 2.26. The van der Waals surface area contributed by atoms with Crippen LogP contribution in [0.25, 0.3) is 0 Å². The first-order chi connectivity index (χ1) is 7.72. The van der Waals surface area contributed by atoms with Gasteiger partial charge in [0.05, 0.1) is 38.5 Å². The highest BCUT2D eigenvalue weighted by Crippen LogP contribution is 2.03. The molecular formula is C11H21O5-. The quantitative estimate of drug-likeness (QED) is 0.469. The molecule has 5 nitrogen and oxygen atoms in total. The molecule has 0 aromatic heterocycles. The molecule has 0 radical (unpaired) electrons. The first-order valence-corrected chi connectivity index (χ1v) is 5.61. The lowest BCUT2D eigenvalue weighted by atomic mass is 10.1. The molecule has 0 aliphatic rings. The summed E-state index contributed by atoms with van der Waals surface area (Å²) in [6.45, 7) is 3.66. The van der Waals surface area contributed by atoms with Gasteiger partial charge in [-0.1, -0.05) is 19.8 Å². The Kier molecular flexibility index (Phi) is 10.4. The lowest BCUT2D eigenvalue weighted by Gasteiger charge is -2.18. The fourth-order valence-corrected chi connectivity index (χ4v) is 1.15. The summed E-state index contributed by atoms with van der Waals surface area (Å²) < 4.78 is 15.1. The molecule has 5 heteroatoms. The fraction of sp³-hybridized carbons (Fsp3) is 0.909. The minimum Gasteiger partial charge on any atom is -0.547 e. The molecule has 0 aliphatic heterocycles. The molecule has 96 valence electrons. The van der Waals surface area contributed by atoms with Crippen molar-refractivity contribution in [2.45, 2.75) is 32.3 Å². The minimum absolute atomic E-state index is 0.270. The molecular weight excluding hydrogens is 212 g/mol. The van der Waals surface area contributed by atoms with Crippen LogP contribution in [0, 0.1) is 0 Å². The Morgan fingerprint density at radius 3 is 2.50 bits per heavy atom. The van der Waals surface area contributed by atoms with Gasteiger partial charge in [0.25, 0.3) is 0 Å². The van der Waals surface area contributed by atoms with Gasteiger partial charge in [0.2, 0.25) is 0 Å². The number of carbonyl (C=O) groups excluding carboxylic acids is 1. The number of methoxy groups -OCH3 is 1. The molecule has 0 rings (SSSR count). The van der Waals surface area contributed by atoms with Gasteiger partial charge in [-0.2, -0.15) is 0 Å². The third-order valence-electron chi connectivity index (χ3n) is 2.06. The van der Waals surface area contributed by atoms with Gasteiger partial charge in [0.15, 0.2) is 0 Å². The Bertz CT molecular complexity index is 172. The maximum absolute atomic E-state index is 10.7. The van der Waals surface area contributed by atoms with Crippen LogP contribution in [0.15, 0.2) is 0 Å². The van der Waals surface area contributed by atoms with Crippen molar-refractivity contribution in [3.05, 3.63) is 0 Å². The molecule has 0 spiro atoms. The first kappa shape index (κ1) is 15.3. The smallest absolute Gasteiger partial charge is 0.0969 e. The predicted octanol–water partition coefficient (Wildman–Crippen LogP) is -0.0253. The van der Waals surface area contributed by atoms with E-state index >= 15 is 0 Å². The van der Waals surface area contributed by atoms with Gasteiger partial charge in [0.1, 0.15) is 0 Å². The van der Waals surface area contributed by atoms with Crippen molar-refractivity contribution < 1.29 is 24.1 Å². The van der Waals surface area contributed by atoms with Crippen molar-refractivity contribution in [1.29, 1.82) is 0 Å². The third-order valence-corrected chi connectivity index (χ3v) is 2.06. The Balaban J connectivity index is 3.48. The number of ether oxygens (including phenoxy) is 3. The Morgan fingerprint density at radius 2 is 1.94 bits per heavy atom. The molecule has 1 atom stereocenters. The summed E-state index contributed by atoms with van der Waals surface area (Å²) in [5, 5.41) is 10.7. The van der Waals surface area contributed by atoms with Gasteiger partial charge in [-0.05, 0) is 6.42 Å². The van der Waals surface area contributed by atoms with Gasteiger partial charge in [0, 0.05) is 7.11 Å². The summed E-state index contributed by atoms with van der Waals surface area (Å²) in [5.41, 5.74) is 0. The predicted molar refractivity (Wildman–Crippen MR) is 57.0 cm³/mol. The highest BCUT2D eigenvalue weighted by Gasteiger charge is 2.09. The van der Waals surface area contributed by atoms with Crippen LogP contribution >= 0.6 is 0 Å². The van der Waals surface area contributed by atoms with E-state index in [1.165, 1.54) is 0 Å². The molecule has 0 amide bonds. The van der Waals surface area contributed by atoms with Crippen molar-refractivity contribution in [3.8, 4) is 0 Å². The zero-order chi connectivity index (χ0) is 12.2. The number of carboxylic acid groups (broad SMARTS) is 1. The molecule has 0 aromatic carbocycles. The van der Waals surface area contributed by atoms with Crippen molar-refractivity contribution in [2.24, 2.45) is 0 Å². The molecule has 0 heterocycles. The van der Waals surface area contributed by atoms with E-state index < -0.39 is 12.1 Å². The van der Waals surface area contributed by atoms with Crippen LogP contribution in [-0.4, -0.2) is 45.6 Å². The van der Waals surface area contributed by atoms with Crippen LogP contribution < -0.4 is 5.11 Å². The van der Waals surface area contributed by atoms with Gasteiger partial charge in [-0.3, -0.25) is 0 Å². The maximum Gasteiger partial charge on any atom is 0.0969 e. The van der Waals surface area contributed by atoms with Crippen LogP contribution in [0.1, 0.15) is 26.2 Å². The molecule has 0 saturated carbocycles. The van der Waals surface area contributed by atoms with E-state index in [-0.39, 0.29) is 6.61 Å². The highest BCUT2D eigenvalue weighted by molar-refractivity contribution is 5.69. The summed E-state index contributed by atoms with van der Waals surface area (Å²) >= 11 is 0. The molecule has 0 aliphatic carbocycles. The fourth-order valence-electron chi connectivity index (χ4n) is 1.15. The van der Waals surface area contributed by atoms with Crippen LogP contribution in [0.4, 0.5) is 0 Å². The molecule has 16 heavy (non-hydrogen) atoms. The lowest BCUT2D eigenvalue weighted by molar-refractivity contribution is -0.317. The second-order valence-electron chi connectivity index (χ2n) is 3.43. The van der Waals surface area contributed by atoms with Gasteiger partial charge >= 0.3 is 0 Å². The van der Waals surface area contributed by atoms with Gasteiger partial charge in [-0.15, -0.1) is 0 Å². The van der Waals surface area contributed by atoms with Crippen molar-refractivity contribution in [2.75, 3.05) is 33.5 Å². The Labute approximate surface area is 96.7 Å². The summed E-state index contributed by atoms with van der Waals surface area (Å²) in [6.07, 6.45) is 1.45. The summed E-state index contributed by atoms with van der Waals surface area (Å²) in [6, 6.07) is 0. The van der Waals surface area contributed by atoms with Gasteiger partial charge < -0.3 is 24.1 Å². The van der Waals surface area contributed by atoms with E-state index in [1.54, 1.807) is 7.11 Å². The SMILES string of the molecule is CCCCC(OCCOCCOC)C(=O)[O-]. The van der Waals surface area contributed by atoms with Crippen LogP contribution in [0.5, 0.6) is 0 Å². The summed E-state index contributed by atoms with van der Waals surface area (Å²) in [5.74, 6) is -1.15. The molecule has 0 aromatic rings. The molecule has 0 saturated heterocycles. The van der Waals surface area contributed by atoms with E-state index in [9.17, 15) is 9.90 Å². The third kappa shape index (κ3) is 8.64.